The monoisotopic (exact) mass is 344 g/mol. The quantitative estimate of drug-likeness (QED) is 0.893. The third-order valence-corrected chi connectivity index (χ3v) is 4.96. The number of thiophene rings is 1. The predicted molar refractivity (Wildman–Crippen MR) is 94.6 cm³/mol. The fourth-order valence-electron chi connectivity index (χ4n) is 2.88. The van der Waals surface area contributed by atoms with Crippen molar-refractivity contribution in [2.24, 2.45) is 5.10 Å². The summed E-state index contributed by atoms with van der Waals surface area (Å²) < 4.78 is 5.20. The summed E-state index contributed by atoms with van der Waals surface area (Å²) in [4.78, 5) is 13.6. The highest BCUT2D eigenvalue weighted by atomic mass is 32.1. The molecule has 2 heterocycles. The molecule has 0 radical (unpaired) electrons. The van der Waals surface area contributed by atoms with E-state index in [0.29, 0.717) is 24.2 Å². The van der Waals surface area contributed by atoms with Crippen LogP contribution in [0.1, 0.15) is 42.7 Å². The highest BCUT2D eigenvalue weighted by Crippen LogP contribution is 2.41. The summed E-state index contributed by atoms with van der Waals surface area (Å²) in [5.74, 6) is 0.443. The smallest absolute Gasteiger partial charge is 0.243 e. The summed E-state index contributed by atoms with van der Waals surface area (Å²) in [7, 11) is 1.51. The van der Waals surface area contributed by atoms with Crippen LogP contribution in [-0.4, -0.2) is 28.8 Å². The number of hydrogen-bond donors (Lipinski definition) is 1. The first-order chi connectivity index (χ1) is 11.7. The van der Waals surface area contributed by atoms with Gasteiger partial charge in [0.15, 0.2) is 11.5 Å². The lowest BCUT2D eigenvalue weighted by Gasteiger charge is -2.23. The molecule has 1 aromatic carbocycles. The summed E-state index contributed by atoms with van der Waals surface area (Å²) in [6, 6.07) is 9.00. The van der Waals surface area contributed by atoms with Crippen LogP contribution < -0.4 is 4.74 Å². The van der Waals surface area contributed by atoms with Gasteiger partial charge in [-0.15, -0.1) is 11.3 Å². The van der Waals surface area contributed by atoms with E-state index < -0.39 is 0 Å². The number of ether oxygens (including phenoxy) is 1. The Balaban J connectivity index is 1.98. The lowest BCUT2D eigenvalue weighted by Crippen LogP contribution is -2.26. The van der Waals surface area contributed by atoms with Gasteiger partial charge in [-0.25, -0.2) is 5.01 Å². The average molecular weight is 344 g/mol. The Kier molecular flexibility index (Phi) is 4.85. The third kappa shape index (κ3) is 3.01. The number of nitrogens with zero attached hydrogens (tertiary/aromatic N) is 2. The molecule has 1 aliphatic heterocycles. The molecule has 6 heteroatoms. The van der Waals surface area contributed by atoms with E-state index in [1.54, 1.807) is 17.4 Å². The molecule has 1 N–H and O–H groups in total. The molecule has 0 bridgehead atoms. The molecule has 1 aromatic heterocycles. The van der Waals surface area contributed by atoms with E-state index in [1.165, 1.54) is 12.1 Å². The van der Waals surface area contributed by atoms with Crippen LogP contribution in [0.5, 0.6) is 11.5 Å². The normalized spacial score (nSPS) is 17.0. The first-order valence-electron chi connectivity index (χ1n) is 7.95. The van der Waals surface area contributed by atoms with Gasteiger partial charge >= 0.3 is 0 Å². The highest BCUT2D eigenvalue weighted by molar-refractivity contribution is 7.12. The molecule has 0 unspecified atom stereocenters. The van der Waals surface area contributed by atoms with E-state index in [0.717, 1.165) is 17.0 Å². The molecule has 0 saturated heterocycles. The average Bonchev–Trinajstić information content (AvgIpc) is 3.24. The summed E-state index contributed by atoms with van der Waals surface area (Å²) >= 11 is 1.60. The molecule has 24 heavy (non-hydrogen) atoms. The topological polar surface area (TPSA) is 62.1 Å². The van der Waals surface area contributed by atoms with Gasteiger partial charge in [-0.2, -0.15) is 5.10 Å². The minimum absolute atomic E-state index is 0.0312. The van der Waals surface area contributed by atoms with E-state index in [4.69, 9.17) is 4.74 Å². The zero-order valence-electron chi connectivity index (χ0n) is 13.7. The van der Waals surface area contributed by atoms with E-state index in [2.05, 4.69) is 5.10 Å². The van der Waals surface area contributed by atoms with Gasteiger partial charge in [-0.1, -0.05) is 25.1 Å². The van der Waals surface area contributed by atoms with Crippen molar-refractivity contribution >= 4 is 23.0 Å². The van der Waals surface area contributed by atoms with Crippen molar-refractivity contribution in [2.45, 2.75) is 32.2 Å². The number of hydrazone groups is 1. The van der Waals surface area contributed by atoms with Gasteiger partial charge < -0.3 is 9.84 Å². The lowest BCUT2D eigenvalue weighted by molar-refractivity contribution is -0.133. The molecule has 0 fully saturated rings. The maximum Gasteiger partial charge on any atom is 0.243 e. The molecule has 126 valence electrons. The Hall–Kier alpha value is -2.34. The van der Waals surface area contributed by atoms with Crippen LogP contribution in [0, 0.1) is 0 Å². The Morgan fingerprint density at radius 2 is 2.25 bits per heavy atom. The van der Waals surface area contributed by atoms with Crippen molar-refractivity contribution in [2.75, 3.05) is 7.11 Å². The number of para-hydroxylation sites is 1. The van der Waals surface area contributed by atoms with Crippen molar-refractivity contribution in [3.8, 4) is 11.5 Å². The van der Waals surface area contributed by atoms with Crippen molar-refractivity contribution in [3.05, 3.63) is 46.2 Å². The van der Waals surface area contributed by atoms with Crippen molar-refractivity contribution in [3.63, 3.8) is 0 Å². The molecule has 1 amide bonds. The van der Waals surface area contributed by atoms with Crippen LogP contribution in [0.4, 0.5) is 0 Å². The summed E-state index contributed by atoms with van der Waals surface area (Å²) in [5, 5.41) is 18.6. The number of phenolic OH excluding ortho intramolecular Hbond substituents is 1. The number of hydrogen-bond acceptors (Lipinski definition) is 5. The second-order valence-electron chi connectivity index (χ2n) is 5.63. The lowest BCUT2D eigenvalue weighted by atomic mass is 9.99. The van der Waals surface area contributed by atoms with E-state index >= 15 is 0 Å². The van der Waals surface area contributed by atoms with Gasteiger partial charge in [0.05, 0.1) is 23.7 Å². The number of benzene rings is 1. The number of phenols is 1. The van der Waals surface area contributed by atoms with Crippen molar-refractivity contribution in [1.82, 2.24) is 5.01 Å². The third-order valence-electron chi connectivity index (χ3n) is 4.04. The molecule has 0 spiro atoms. The minimum Gasteiger partial charge on any atom is -0.504 e. The van der Waals surface area contributed by atoms with Gasteiger partial charge in [0.25, 0.3) is 0 Å². The Morgan fingerprint density at radius 1 is 1.42 bits per heavy atom. The molecule has 5 nitrogen and oxygen atoms in total. The Bertz CT molecular complexity index is 756. The summed E-state index contributed by atoms with van der Waals surface area (Å²) in [6.07, 6.45) is 1.77. The Labute approximate surface area is 145 Å². The van der Waals surface area contributed by atoms with Crippen LogP contribution in [0.15, 0.2) is 40.8 Å². The molecule has 1 aliphatic rings. The van der Waals surface area contributed by atoms with Gasteiger partial charge in [0, 0.05) is 18.4 Å². The molecule has 0 aliphatic carbocycles. The molecule has 1 atom stereocenters. The van der Waals surface area contributed by atoms with E-state index in [9.17, 15) is 9.90 Å². The molecule has 3 rings (SSSR count). The number of methoxy groups -OCH3 is 1. The molecule has 0 saturated carbocycles. The molecule has 2 aromatic rings. The van der Waals surface area contributed by atoms with Crippen LogP contribution in [0.2, 0.25) is 0 Å². The van der Waals surface area contributed by atoms with Crippen LogP contribution in [0.25, 0.3) is 0 Å². The minimum atomic E-state index is -0.309. The number of carbonyl (C=O) groups excluding carboxylic acids is 1. The van der Waals surface area contributed by atoms with Crippen molar-refractivity contribution < 1.29 is 14.6 Å². The van der Waals surface area contributed by atoms with Crippen LogP contribution in [-0.2, 0) is 4.79 Å². The SMILES string of the molecule is CCCC(=O)N1N=C(c2cccs2)C[C@@H]1c1cccc(OC)c1O. The van der Waals surface area contributed by atoms with Gasteiger partial charge in [-0.3, -0.25) is 4.79 Å². The second-order valence-corrected chi connectivity index (χ2v) is 6.58. The maximum atomic E-state index is 12.5. The van der Waals surface area contributed by atoms with Gasteiger partial charge in [0.1, 0.15) is 0 Å². The molecular weight excluding hydrogens is 324 g/mol. The first-order valence-corrected chi connectivity index (χ1v) is 8.83. The summed E-state index contributed by atoms with van der Waals surface area (Å²) in [5.41, 5.74) is 1.54. The Morgan fingerprint density at radius 3 is 2.92 bits per heavy atom. The van der Waals surface area contributed by atoms with E-state index in [-0.39, 0.29) is 17.7 Å². The van der Waals surface area contributed by atoms with Crippen LogP contribution >= 0.6 is 11.3 Å². The maximum absolute atomic E-state index is 12.5. The largest absolute Gasteiger partial charge is 0.504 e. The standard InChI is InChI=1S/C18H20N2O3S/c1-3-6-17(21)20-14(11-13(19-20)16-9-5-10-24-16)12-7-4-8-15(23-2)18(12)22/h4-5,7-10,14,22H,3,6,11H2,1-2H3/t14-/m1/s1. The van der Waals surface area contributed by atoms with E-state index in [1.807, 2.05) is 36.6 Å². The number of amides is 1. The zero-order chi connectivity index (χ0) is 17.1. The fraction of sp³-hybridized carbons (Fsp3) is 0.333. The van der Waals surface area contributed by atoms with Crippen molar-refractivity contribution in [1.29, 1.82) is 0 Å². The molecular formula is C18H20N2O3S. The number of carbonyl (C=O) groups is 1. The zero-order valence-corrected chi connectivity index (χ0v) is 14.5. The second kappa shape index (κ2) is 7.05. The van der Waals surface area contributed by atoms with Gasteiger partial charge in [-0.05, 0) is 23.9 Å². The van der Waals surface area contributed by atoms with Crippen LogP contribution in [0.3, 0.4) is 0 Å². The summed E-state index contributed by atoms with van der Waals surface area (Å²) in [6.45, 7) is 1.97. The number of rotatable bonds is 5. The number of aromatic hydroxyl groups is 1. The highest BCUT2D eigenvalue weighted by Gasteiger charge is 2.35. The first kappa shape index (κ1) is 16.5. The predicted octanol–water partition coefficient (Wildman–Crippen LogP) is 3.94. The fourth-order valence-corrected chi connectivity index (χ4v) is 3.60. The van der Waals surface area contributed by atoms with Gasteiger partial charge in [0.2, 0.25) is 5.91 Å².